The van der Waals surface area contributed by atoms with Gasteiger partial charge in [0.15, 0.2) is 0 Å². The highest BCUT2D eigenvalue weighted by atomic mass is 16.5. The van der Waals surface area contributed by atoms with Crippen LogP contribution in [0.4, 0.5) is 11.4 Å². The molecule has 0 atom stereocenters. The minimum absolute atomic E-state index is 0.264. The molecule has 5 heteroatoms. The Kier molecular flexibility index (Phi) is 3.17. The topological polar surface area (TPSA) is 70.2 Å². The van der Waals surface area contributed by atoms with Gasteiger partial charge >= 0.3 is 0 Å². The lowest BCUT2D eigenvalue weighted by atomic mass is 10.1. The molecule has 108 valence electrons. The first kappa shape index (κ1) is 13.3. The van der Waals surface area contributed by atoms with Crippen LogP contribution in [0.15, 0.2) is 30.6 Å². The fourth-order valence-electron chi connectivity index (χ4n) is 2.37. The first-order valence-electron chi connectivity index (χ1n) is 6.67. The van der Waals surface area contributed by atoms with Gasteiger partial charge in [0.1, 0.15) is 11.5 Å². The number of methoxy groups -OCH3 is 1. The fraction of sp³-hybridized carbons (Fsp3) is 0.188. The van der Waals surface area contributed by atoms with E-state index in [9.17, 15) is 5.11 Å². The largest absolute Gasteiger partial charge is 0.508 e. The number of benzene rings is 2. The number of hydrogen-bond acceptors (Lipinski definition) is 4. The highest BCUT2D eigenvalue weighted by Gasteiger charge is 2.12. The van der Waals surface area contributed by atoms with Crippen LogP contribution in [0.1, 0.15) is 11.1 Å². The molecule has 0 spiro atoms. The average molecular weight is 283 g/mol. The van der Waals surface area contributed by atoms with Crippen molar-refractivity contribution >= 4 is 22.4 Å². The Balaban J connectivity index is 2.09. The van der Waals surface area contributed by atoms with E-state index in [-0.39, 0.29) is 5.75 Å². The molecule has 5 nitrogen and oxygen atoms in total. The van der Waals surface area contributed by atoms with Crippen LogP contribution in [0.3, 0.4) is 0 Å². The molecule has 0 saturated heterocycles. The molecule has 0 aliphatic carbocycles. The number of imidazole rings is 1. The highest BCUT2D eigenvalue weighted by molar-refractivity contribution is 5.94. The van der Waals surface area contributed by atoms with Gasteiger partial charge in [0.05, 0.1) is 30.2 Å². The minimum Gasteiger partial charge on any atom is -0.508 e. The summed E-state index contributed by atoms with van der Waals surface area (Å²) in [6, 6.07) is 7.41. The Morgan fingerprint density at radius 2 is 2.05 bits per heavy atom. The Morgan fingerprint density at radius 1 is 1.24 bits per heavy atom. The standard InChI is InChI=1S/C16H17N3O2/c1-9-4-5-11(6-13(9)20)19-12-7-14(21-3)10(2)15-16(12)18-8-17-15/h4-8,19-20H,1-3H3,(H,17,18). The second-order valence-electron chi connectivity index (χ2n) is 5.00. The van der Waals surface area contributed by atoms with Gasteiger partial charge in [-0.25, -0.2) is 4.98 Å². The van der Waals surface area contributed by atoms with Gasteiger partial charge in [-0.05, 0) is 25.5 Å². The van der Waals surface area contributed by atoms with Crippen molar-refractivity contribution < 1.29 is 9.84 Å². The number of fused-ring (bicyclic) bond motifs is 1. The maximum absolute atomic E-state index is 9.81. The zero-order valence-corrected chi connectivity index (χ0v) is 12.2. The molecule has 21 heavy (non-hydrogen) atoms. The van der Waals surface area contributed by atoms with Crippen LogP contribution in [0, 0.1) is 13.8 Å². The van der Waals surface area contributed by atoms with E-state index in [0.717, 1.165) is 39.3 Å². The number of hydrogen-bond donors (Lipinski definition) is 3. The fourth-order valence-corrected chi connectivity index (χ4v) is 2.37. The molecular formula is C16H17N3O2. The van der Waals surface area contributed by atoms with E-state index in [2.05, 4.69) is 15.3 Å². The minimum atomic E-state index is 0.264. The van der Waals surface area contributed by atoms with Crippen LogP contribution in [-0.2, 0) is 0 Å². The first-order valence-corrected chi connectivity index (χ1v) is 6.67. The molecule has 1 aromatic heterocycles. The molecule has 1 heterocycles. The van der Waals surface area contributed by atoms with E-state index < -0.39 is 0 Å². The van der Waals surface area contributed by atoms with Gasteiger partial charge in [0, 0.05) is 23.4 Å². The normalized spacial score (nSPS) is 10.8. The molecule has 0 radical (unpaired) electrons. The number of nitrogens with one attached hydrogen (secondary N) is 2. The van der Waals surface area contributed by atoms with Crippen molar-refractivity contribution in [3.63, 3.8) is 0 Å². The molecule has 3 rings (SSSR count). The number of H-pyrrole nitrogens is 1. The van der Waals surface area contributed by atoms with E-state index in [1.807, 2.05) is 32.0 Å². The molecule has 0 fully saturated rings. The van der Waals surface area contributed by atoms with Crippen LogP contribution < -0.4 is 10.1 Å². The summed E-state index contributed by atoms with van der Waals surface area (Å²) in [6.07, 6.45) is 1.66. The third-order valence-corrected chi connectivity index (χ3v) is 3.62. The summed E-state index contributed by atoms with van der Waals surface area (Å²) in [5.74, 6) is 1.04. The third kappa shape index (κ3) is 2.27. The number of anilines is 2. The summed E-state index contributed by atoms with van der Waals surface area (Å²) in [6.45, 7) is 3.84. The molecule has 0 bridgehead atoms. The van der Waals surface area contributed by atoms with Crippen LogP contribution in [0.25, 0.3) is 11.0 Å². The van der Waals surface area contributed by atoms with Gasteiger partial charge in [0.2, 0.25) is 0 Å². The lowest BCUT2D eigenvalue weighted by molar-refractivity contribution is 0.412. The summed E-state index contributed by atoms with van der Waals surface area (Å²) >= 11 is 0. The maximum atomic E-state index is 9.81. The predicted octanol–water partition coefficient (Wildman–Crippen LogP) is 3.64. The van der Waals surface area contributed by atoms with Crippen LogP contribution >= 0.6 is 0 Å². The number of ether oxygens (including phenoxy) is 1. The monoisotopic (exact) mass is 283 g/mol. The quantitative estimate of drug-likeness (QED) is 0.686. The van der Waals surface area contributed by atoms with Gasteiger partial charge in [0.25, 0.3) is 0 Å². The SMILES string of the molecule is COc1cc(Nc2ccc(C)c(O)c2)c2[nH]cnc2c1C. The maximum Gasteiger partial charge on any atom is 0.126 e. The van der Waals surface area contributed by atoms with E-state index in [1.165, 1.54) is 0 Å². The summed E-state index contributed by atoms with van der Waals surface area (Å²) in [5, 5.41) is 13.1. The summed E-state index contributed by atoms with van der Waals surface area (Å²) in [7, 11) is 1.64. The molecule has 2 aromatic carbocycles. The van der Waals surface area contributed by atoms with Gasteiger partial charge < -0.3 is 20.1 Å². The molecule has 0 aliphatic heterocycles. The molecule has 3 aromatic rings. The molecule has 0 unspecified atom stereocenters. The van der Waals surface area contributed by atoms with Crippen molar-refractivity contribution in [1.29, 1.82) is 0 Å². The Bertz CT molecular complexity index is 809. The van der Waals surface area contributed by atoms with Crippen LogP contribution in [0.2, 0.25) is 0 Å². The number of aromatic amines is 1. The number of aromatic nitrogens is 2. The molecular weight excluding hydrogens is 266 g/mol. The van der Waals surface area contributed by atoms with E-state index in [4.69, 9.17) is 4.74 Å². The number of phenolic OH excluding ortho intramolecular Hbond substituents is 1. The number of aryl methyl sites for hydroxylation is 2. The van der Waals surface area contributed by atoms with E-state index in [1.54, 1.807) is 19.5 Å². The Labute approximate surface area is 122 Å². The van der Waals surface area contributed by atoms with Crippen LogP contribution in [-0.4, -0.2) is 22.2 Å². The van der Waals surface area contributed by atoms with Crippen molar-refractivity contribution in [2.24, 2.45) is 0 Å². The second-order valence-corrected chi connectivity index (χ2v) is 5.00. The molecule has 3 N–H and O–H groups in total. The van der Waals surface area contributed by atoms with Crippen molar-refractivity contribution in [3.8, 4) is 11.5 Å². The third-order valence-electron chi connectivity index (χ3n) is 3.62. The highest BCUT2D eigenvalue weighted by Crippen LogP contribution is 2.34. The Morgan fingerprint density at radius 3 is 2.76 bits per heavy atom. The van der Waals surface area contributed by atoms with Gasteiger partial charge in [-0.1, -0.05) is 6.07 Å². The van der Waals surface area contributed by atoms with Gasteiger partial charge in [-0.2, -0.15) is 0 Å². The van der Waals surface area contributed by atoms with Gasteiger partial charge in [-0.3, -0.25) is 0 Å². The van der Waals surface area contributed by atoms with Crippen molar-refractivity contribution in [3.05, 3.63) is 41.7 Å². The smallest absolute Gasteiger partial charge is 0.126 e. The molecule has 0 saturated carbocycles. The number of phenols is 1. The predicted molar refractivity (Wildman–Crippen MR) is 83.5 cm³/mol. The molecule has 0 aliphatic rings. The summed E-state index contributed by atoms with van der Waals surface area (Å²) in [4.78, 5) is 7.47. The zero-order valence-electron chi connectivity index (χ0n) is 12.2. The average Bonchev–Trinajstić information content (AvgIpc) is 2.96. The van der Waals surface area contributed by atoms with E-state index >= 15 is 0 Å². The zero-order chi connectivity index (χ0) is 15.0. The molecule has 0 amide bonds. The van der Waals surface area contributed by atoms with Crippen molar-refractivity contribution in [2.75, 3.05) is 12.4 Å². The first-order chi connectivity index (χ1) is 10.1. The van der Waals surface area contributed by atoms with E-state index in [0.29, 0.717) is 0 Å². The number of rotatable bonds is 3. The summed E-state index contributed by atoms with van der Waals surface area (Å²) in [5.41, 5.74) is 5.27. The number of nitrogens with zero attached hydrogens (tertiary/aromatic N) is 1. The lowest BCUT2D eigenvalue weighted by Crippen LogP contribution is -1.96. The number of aromatic hydroxyl groups is 1. The van der Waals surface area contributed by atoms with Gasteiger partial charge in [-0.15, -0.1) is 0 Å². The van der Waals surface area contributed by atoms with Crippen molar-refractivity contribution in [2.45, 2.75) is 13.8 Å². The second kappa shape index (κ2) is 5.01. The summed E-state index contributed by atoms with van der Waals surface area (Å²) < 4.78 is 5.40. The van der Waals surface area contributed by atoms with Crippen molar-refractivity contribution in [1.82, 2.24) is 9.97 Å². The van der Waals surface area contributed by atoms with Crippen LogP contribution in [0.5, 0.6) is 11.5 Å². The lowest BCUT2D eigenvalue weighted by Gasteiger charge is -2.12. The Hall–Kier alpha value is -2.69.